The van der Waals surface area contributed by atoms with Crippen LogP contribution in [0.15, 0.2) is 12.3 Å². The predicted molar refractivity (Wildman–Crippen MR) is 76.6 cm³/mol. The van der Waals surface area contributed by atoms with Crippen LogP contribution in [-0.2, 0) is 18.2 Å². The lowest BCUT2D eigenvalue weighted by Gasteiger charge is -2.09. The summed E-state index contributed by atoms with van der Waals surface area (Å²) in [5, 5.41) is 11.3. The molecule has 6 heteroatoms. The molecule has 0 atom stereocenters. The number of ether oxygens (including phenoxy) is 1. The molecule has 1 aromatic rings. The first kappa shape index (κ1) is 14.9. The van der Waals surface area contributed by atoms with Gasteiger partial charge in [-0.25, -0.2) is 0 Å². The predicted octanol–water partition coefficient (Wildman–Crippen LogP) is 0.853. The maximum atomic E-state index is 5.24. The van der Waals surface area contributed by atoms with Gasteiger partial charge in [-0.2, -0.15) is 5.10 Å². The maximum absolute atomic E-state index is 5.24. The quantitative estimate of drug-likeness (QED) is 0.542. The van der Waals surface area contributed by atoms with Crippen molar-refractivity contribution in [1.29, 1.82) is 0 Å². The fourth-order valence-corrected chi connectivity index (χ4v) is 1.69. The molecule has 1 rings (SSSR count). The molecule has 0 bridgehead atoms. The standard InChI is InChI=1S/C12H22N4OS/c1-3-17-10-4-7-13-12(18)14-8-5-11-6-9-16(2)15-11/h6,9H,3-5,7-8,10H2,1-2H3,(H2,13,14,18). The highest BCUT2D eigenvalue weighted by Crippen LogP contribution is 1.93. The molecule has 0 radical (unpaired) electrons. The second-order valence-corrected chi connectivity index (χ2v) is 4.37. The highest BCUT2D eigenvalue weighted by Gasteiger charge is 1.98. The van der Waals surface area contributed by atoms with Crippen LogP contribution < -0.4 is 10.6 Å². The molecule has 1 aromatic heterocycles. The summed E-state index contributed by atoms with van der Waals surface area (Å²) in [6, 6.07) is 2.01. The van der Waals surface area contributed by atoms with Crippen molar-refractivity contribution in [3.05, 3.63) is 18.0 Å². The summed E-state index contributed by atoms with van der Waals surface area (Å²) in [6.45, 7) is 5.19. The van der Waals surface area contributed by atoms with E-state index in [2.05, 4.69) is 15.7 Å². The average Bonchev–Trinajstić information content (AvgIpc) is 2.75. The lowest BCUT2D eigenvalue weighted by atomic mass is 10.3. The largest absolute Gasteiger partial charge is 0.382 e. The molecule has 0 saturated heterocycles. The van der Waals surface area contributed by atoms with Crippen LogP contribution in [0.5, 0.6) is 0 Å². The van der Waals surface area contributed by atoms with Crippen molar-refractivity contribution in [3.8, 4) is 0 Å². The summed E-state index contributed by atoms with van der Waals surface area (Å²) in [7, 11) is 1.92. The van der Waals surface area contributed by atoms with E-state index in [1.54, 1.807) is 4.68 Å². The van der Waals surface area contributed by atoms with Gasteiger partial charge in [-0.05, 0) is 31.6 Å². The number of nitrogens with zero attached hydrogens (tertiary/aromatic N) is 2. The average molecular weight is 270 g/mol. The summed E-state index contributed by atoms with van der Waals surface area (Å²) in [6.07, 6.45) is 3.79. The number of aryl methyl sites for hydroxylation is 1. The van der Waals surface area contributed by atoms with Crippen molar-refractivity contribution in [2.75, 3.05) is 26.3 Å². The summed E-state index contributed by atoms with van der Waals surface area (Å²) in [5.74, 6) is 0. The highest BCUT2D eigenvalue weighted by molar-refractivity contribution is 7.80. The first-order valence-corrected chi connectivity index (χ1v) is 6.71. The number of aromatic nitrogens is 2. The molecule has 0 amide bonds. The van der Waals surface area contributed by atoms with E-state index in [1.165, 1.54) is 0 Å². The second-order valence-electron chi connectivity index (χ2n) is 3.96. The summed E-state index contributed by atoms with van der Waals surface area (Å²) < 4.78 is 7.05. The Hall–Kier alpha value is -1.14. The third-order valence-corrected chi connectivity index (χ3v) is 2.68. The van der Waals surface area contributed by atoms with Gasteiger partial charge in [-0.3, -0.25) is 4.68 Å². The molecule has 0 saturated carbocycles. The maximum Gasteiger partial charge on any atom is 0.166 e. The molecule has 0 fully saturated rings. The summed E-state index contributed by atoms with van der Waals surface area (Å²) >= 11 is 5.16. The zero-order valence-electron chi connectivity index (χ0n) is 11.1. The van der Waals surface area contributed by atoms with Crippen LogP contribution in [0.2, 0.25) is 0 Å². The highest BCUT2D eigenvalue weighted by atomic mass is 32.1. The van der Waals surface area contributed by atoms with E-state index in [1.807, 2.05) is 26.2 Å². The van der Waals surface area contributed by atoms with Gasteiger partial charge in [0, 0.05) is 46.0 Å². The SMILES string of the molecule is CCOCCCNC(=S)NCCc1ccn(C)n1. The Balaban J connectivity index is 2.00. The normalized spacial score (nSPS) is 10.3. The minimum atomic E-state index is 0.697. The molecular formula is C12H22N4OS. The Morgan fingerprint density at radius 2 is 2.22 bits per heavy atom. The lowest BCUT2D eigenvalue weighted by molar-refractivity contribution is 0.145. The van der Waals surface area contributed by atoms with Crippen LogP contribution in [-0.4, -0.2) is 41.2 Å². The van der Waals surface area contributed by atoms with Crippen LogP contribution in [0.1, 0.15) is 19.0 Å². The van der Waals surface area contributed by atoms with E-state index < -0.39 is 0 Å². The van der Waals surface area contributed by atoms with E-state index >= 15 is 0 Å². The van der Waals surface area contributed by atoms with Gasteiger partial charge in [0.1, 0.15) is 0 Å². The summed E-state index contributed by atoms with van der Waals surface area (Å²) in [5.41, 5.74) is 1.07. The van der Waals surface area contributed by atoms with Gasteiger partial charge in [-0.1, -0.05) is 0 Å². The first-order valence-electron chi connectivity index (χ1n) is 6.30. The number of thiocarbonyl (C=S) groups is 1. The third kappa shape index (κ3) is 6.56. The molecule has 0 aliphatic carbocycles. The Kier molecular flexibility index (Phi) is 7.36. The molecule has 0 aliphatic heterocycles. The van der Waals surface area contributed by atoms with Crippen LogP contribution in [0.4, 0.5) is 0 Å². The zero-order chi connectivity index (χ0) is 13.2. The number of hydrogen-bond acceptors (Lipinski definition) is 3. The number of rotatable bonds is 8. The first-order chi connectivity index (χ1) is 8.72. The molecule has 0 aliphatic rings. The number of nitrogens with one attached hydrogen (secondary N) is 2. The van der Waals surface area contributed by atoms with Crippen molar-refractivity contribution in [2.45, 2.75) is 19.8 Å². The van der Waals surface area contributed by atoms with Gasteiger partial charge < -0.3 is 15.4 Å². The van der Waals surface area contributed by atoms with E-state index in [-0.39, 0.29) is 0 Å². The van der Waals surface area contributed by atoms with E-state index in [4.69, 9.17) is 17.0 Å². The Morgan fingerprint density at radius 1 is 1.44 bits per heavy atom. The Bertz CT molecular complexity index is 354. The molecule has 0 aromatic carbocycles. The molecule has 1 heterocycles. The topological polar surface area (TPSA) is 51.1 Å². The Morgan fingerprint density at radius 3 is 2.89 bits per heavy atom. The van der Waals surface area contributed by atoms with Crippen molar-refractivity contribution in [3.63, 3.8) is 0 Å². The van der Waals surface area contributed by atoms with Crippen LogP contribution >= 0.6 is 12.2 Å². The van der Waals surface area contributed by atoms with Crippen LogP contribution in [0.25, 0.3) is 0 Å². The van der Waals surface area contributed by atoms with Gasteiger partial charge >= 0.3 is 0 Å². The van der Waals surface area contributed by atoms with Crippen molar-refractivity contribution in [1.82, 2.24) is 20.4 Å². The number of hydrogen-bond donors (Lipinski definition) is 2. The van der Waals surface area contributed by atoms with Crippen molar-refractivity contribution < 1.29 is 4.74 Å². The minimum Gasteiger partial charge on any atom is -0.382 e. The smallest absolute Gasteiger partial charge is 0.166 e. The van der Waals surface area contributed by atoms with Crippen LogP contribution in [0.3, 0.4) is 0 Å². The fourth-order valence-electron chi connectivity index (χ4n) is 1.48. The molecule has 0 unspecified atom stereocenters. The fraction of sp³-hybridized carbons (Fsp3) is 0.667. The van der Waals surface area contributed by atoms with E-state index in [0.29, 0.717) is 5.11 Å². The summed E-state index contributed by atoms with van der Waals surface area (Å²) in [4.78, 5) is 0. The molecule has 2 N–H and O–H groups in total. The second kappa shape index (κ2) is 8.88. The van der Waals surface area contributed by atoms with Gasteiger partial charge in [0.05, 0.1) is 5.69 Å². The third-order valence-electron chi connectivity index (χ3n) is 2.39. The van der Waals surface area contributed by atoms with Gasteiger partial charge in [0.15, 0.2) is 5.11 Å². The van der Waals surface area contributed by atoms with Gasteiger partial charge in [0.25, 0.3) is 0 Å². The van der Waals surface area contributed by atoms with Gasteiger partial charge in [-0.15, -0.1) is 0 Å². The minimum absolute atomic E-state index is 0.697. The molecule has 5 nitrogen and oxygen atoms in total. The molecule has 0 spiro atoms. The monoisotopic (exact) mass is 270 g/mol. The van der Waals surface area contributed by atoms with Crippen molar-refractivity contribution in [2.24, 2.45) is 7.05 Å². The van der Waals surface area contributed by atoms with E-state index in [0.717, 1.165) is 44.8 Å². The molecule has 18 heavy (non-hydrogen) atoms. The Labute approximate surface area is 114 Å². The molecule has 102 valence electrons. The van der Waals surface area contributed by atoms with Crippen LogP contribution in [0, 0.1) is 0 Å². The lowest BCUT2D eigenvalue weighted by Crippen LogP contribution is -2.37. The van der Waals surface area contributed by atoms with E-state index in [9.17, 15) is 0 Å². The zero-order valence-corrected chi connectivity index (χ0v) is 11.9. The van der Waals surface area contributed by atoms with Crippen molar-refractivity contribution >= 4 is 17.3 Å². The van der Waals surface area contributed by atoms with Gasteiger partial charge in [0.2, 0.25) is 0 Å². The molecular weight excluding hydrogens is 248 g/mol.